The standard InChI is InChI=1S/C12H18ClN3O/c1-10(17)9-15-4-6-16(7-5-15)11-2-3-14-12(13)8-11/h2-3,8,10,17H,4-7,9H2,1H3/t10-/m1/s1. The number of β-amino-alcohol motifs (C(OH)–C–C–N with tert-alkyl or cyclic N) is 1. The fourth-order valence-electron chi connectivity index (χ4n) is 2.15. The van der Waals surface area contributed by atoms with Crippen LogP contribution in [0.5, 0.6) is 0 Å². The molecule has 0 aliphatic carbocycles. The molecule has 0 saturated carbocycles. The Balaban J connectivity index is 1.91. The van der Waals surface area contributed by atoms with Crippen LogP contribution in [-0.4, -0.2) is 53.8 Å². The first-order valence-corrected chi connectivity index (χ1v) is 6.30. The maximum atomic E-state index is 9.34. The lowest BCUT2D eigenvalue weighted by Gasteiger charge is -2.36. The molecule has 2 rings (SSSR count). The van der Waals surface area contributed by atoms with Crippen molar-refractivity contribution in [3.63, 3.8) is 0 Å². The van der Waals surface area contributed by atoms with Crippen molar-refractivity contribution in [3.8, 4) is 0 Å². The van der Waals surface area contributed by atoms with E-state index in [-0.39, 0.29) is 6.10 Å². The Morgan fingerprint density at radius 2 is 2.12 bits per heavy atom. The number of nitrogens with zero attached hydrogens (tertiary/aromatic N) is 3. The maximum absolute atomic E-state index is 9.34. The number of hydrogen-bond donors (Lipinski definition) is 1. The summed E-state index contributed by atoms with van der Waals surface area (Å²) in [6, 6.07) is 3.88. The monoisotopic (exact) mass is 255 g/mol. The zero-order valence-corrected chi connectivity index (χ0v) is 10.8. The number of piperazine rings is 1. The largest absolute Gasteiger partial charge is 0.392 e. The van der Waals surface area contributed by atoms with Crippen molar-refractivity contribution in [2.75, 3.05) is 37.6 Å². The summed E-state index contributed by atoms with van der Waals surface area (Å²) in [5.41, 5.74) is 1.13. The molecule has 0 unspecified atom stereocenters. The first-order valence-electron chi connectivity index (χ1n) is 5.92. The molecular weight excluding hydrogens is 238 g/mol. The summed E-state index contributed by atoms with van der Waals surface area (Å²) in [4.78, 5) is 8.56. The third-order valence-electron chi connectivity index (χ3n) is 2.97. The number of halogens is 1. The van der Waals surface area contributed by atoms with E-state index >= 15 is 0 Å². The summed E-state index contributed by atoms with van der Waals surface area (Å²) in [5, 5.41) is 9.88. The van der Waals surface area contributed by atoms with E-state index < -0.39 is 0 Å². The molecule has 1 fully saturated rings. The highest BCUT2D eigenvalue weighted by Crippen LogP contribution is 2.18. The van der Waals surface area contributed by atoms with Crippen LogP contribution in [0.3, 0.4) is 0 Å². The minimum Gasteiger partial charge on any atom is -0.392 e. The molecule has 1 N–H and O–H groups in total. The molecule has 5 heteroatoms. The van der Waals surface area contributed by atoms with Gasteiger partial charge in [-0.1, -0.05) is 11.6 Å². The molecule has 0 spiro atoms. The normalized spacial score (nSPS) is 19.4. The van der Waals surface area contributed by atoms with Crippen molar-refractivity contribution < 1.29 is 5.11 Å². The summed E-state index contributed by atoms with van der Waals surface area (Å²) in [6.07, 6.45) is 1.48. The van der Waals surface area contributed by atoms with Gasteiger partial charge in [0.2, 0.25) is 0 Å². The van der Waals surface area contributed by atoms with Crippen LogP contribution in [-0.2, 0) is 0 Å². The molecule has 1 aromatic heterocycles. The Morgan fingerprint density at radius 3 is 2.71 bits per heavy atom. The van der Waals surface area contributed by atoms with Gasteiger partial charge in [0.05, 0.1) is 6.10 Å². The summed E-state index contributed by atoms with van der Waals surface area (Å²) < 4.78 is 0. The SMILES string of the molecule is C[C@@H](O)CN1CCN(c2ccnc(Cl)c2)CC1. The van der Waals surface area contributed by atoms with Gasteiger partial charge < -0.3 is 10.0 Å². The van der Waals surface area contributed by atoms with E-state index in [1.165, 1.54) is 0 Å². The Bertz CT molecular complexity index is 365. The van der Waals surface area contributed by atoms with Crippen LogP contribution in [0.2, 0.25) is 5.15 Å². The fourth-order valence-corrected chi connectivity index (χ4v) is 2.32. The minimum absolute atomic E-state index is 0.253. The molecule has 0 aromatic carbocycles. The van der Waals surface area contributed by atoms with Crippen molar-refractivity contribution in [1.29, 1.82) is 0 Å². The quantitative estimate of drug-likeness (QED) is 0.825. The van der Waals surface area contributed by atoms with Gasteiger partial charge in [-0.15, -0.1) is 0 Å². The minimum atomic E-state index is -0.253. The van der Waals surface area contributed by atoms with E-state index in [9.17, 15) is 5.11 Å². The average Bonchev–Trinajstić information content (AvgIpc) is 2.29. The first-order chi connectivity index (χ1) is 8.15. The predicted molar refractivity (Wildman–Crippen MR) is 69.6 cm³/mol. The van der Waals surface area contributed by atoms with Crippen LogP contribution in [0.4, 0.5) is 5.69 Å². The van der Waals surface area contributed by atoms with Gasteiger partial charge in [0, 0.05) is 44.6 Å². The summed E-state index contributed by atoms with van der Waals surface area (Å²) in [6.45, 7) is 6.47. The Labute approximate surface area is 107 Å². The first kappa shape index (κ1) is 12.6. The Kier molecular flexibility index (Phi) is 4.20. The number of hydrogen-bond acceptors (Lipinski definition) is 4. The number of aromatic nitrogens is 1. The molecule has 1 atom stereocenters. The van der Waals surface area contributed by atoms with Gasteiger partial charge in [0.25, 0.3) is 0 Å². The average molecular weight is 256 g/mol. The second kappa shape index (κ2) is 5.67. The van der Waals surface area contributed by atoms with Crippen molar-refractivity contribution in [2.45, 2.75) is 13.0 Å². The number of aliphatic hydroxyl groups is 1. The van der Waals surface area contributed by atoms with E-state index in [1.54, 1.807) is 6.20 Å². The summed E-state index contributed by atoms with van der Waals surface area (Å²) in [5.74, 6) is 0. The van der Waals surface area contributed by atoms with E-state index in [0.29, 0.717) is 5.15 Å². The lowest BCUT2D eigenvalue weighted by molar-refractivity contribution is 0.123. The fraction of sp³-hybridized carbons (Fsp3) is 0.583. The molecular formula is C12H18ClN3O. The van der Waals surface area contributed by atoms with Gasteiger partial charge in [-0.3, -0.25) is 4.90 Å². The highest BCUT2D eigenvalue weighted by molar-refractivity contribution is 6.29. The molecule has 2 heterocycles. The molecule has 0 amide bonds. The second-order valence-corrected chi connectivity index (χ2v) is 4.86. The predicted octanol–water partition coefficient (Wildman–Crippen LogP) is 1.24. The summed E-state index contributed by atoms with van der Waals surface area (Å²) in [7, 11) is 0. The highest BCUT2D eigenvalue weighted by atomic mass is 35.5. The van der Waals surface area contributed by atoms with Gasteiger partial charge >= 0.3 is 0 Å². The van der Waals surface area contributed by atoms with Crippen molar-refractivity contribution in [2.24, 2.45) is 0 Å². The molecule has 0 bridgehead atoms. The molecule has 0 radical (unpaired) electrons. The number of rotatable bonds is 3. The van der Waals surface area contributed by atoms with Crippen LogP contribution >= 0.6 is 11.6 Å². The summed E-state index contributed by atoms with van der Waals surface area (Å²) >= 11 is 5.88. The molecule has 1 aromatic rings. The van der Waals surface area contributed by atoms with E-state index in [1.807, 2.05) is 19.1 Å². The van der Waals surface area contributed by atoms with Crippen LogP contribution in [0, 0.1) is 0 Å². The maximum Gasteiger partial charge on any atom is 0.131 e. The number of pyridine rings is 1. The molecule has 1 aliphatic heterocycles. The van der Waals surface area contributed by atoms with Gasteiger partial charge in [0.1, 0.15) is 5.15 Å². The topological polar surface area (TPSA) is 39.6 Å². The van der Waals surface area contributed by atoms with E-state index in [0.717, 1.165) is 38.4 Å². The number of aliphatic hydroxyl groups excluding tert-OH is 1. The van der Waals surface area contributed by atoms with Gasteiger partial charge in [-0.05, 0) is 19.1 Å². The van der Waals surface area contributed by atoms with E-state index in [2.05, 4.69) is 14.8 Å². The molecule has 4 nitrogen and oxygen atoms in total. The highest BCUT2D eigenvalue weighted by Gasteiger charge is 2.18. The van der Waals surface area contributed by atoms with Crippen LogP contribution in [0.25, 0.3) is 0 Å². The Morgan fingerprint density at radius 1 is 1.41 bits per heavy atom. The third kappa shape index (κ3) is 3.56. The lowest BCUT2D eigenvalue weighted by Crippen LogP contribution is -2.48. The van der Waals surface area contributed by atoms with Gasteiger partial charge in [-0.2, -0.15) is 0 Å². The zero-order valence-electron chi connectivity index (χ0n) is 10.0. The van der Waals surface area contributed by atoms with Crippen molar-refractivity contribution in [1.82, 2.24) is 9.88 Å². The lowest BCUT2D eigenvalue weighted by atomic mass is 10.2. The zero-order chi connectivity index (χ0) is 12.3. The van der Waals surface area contributed by atoms with Crippen LogP contribution in [0.1, 0.15) is 6.92 Å². The second-order valence-electron chi connectivity index (χ2n) is 4.47. The van der Waals surface area contributed by atoms with Crippen molar-refractivity contribution in [3.05, 3.63) is 23.5 Å². The molecule has 94 valence electrons. The molecule has 1 saturated heterocycles. The smallest absolute Gasteiger partial charge is 0.131 e. The van der Waals surface area contributed by atoms with Crippen molar-refractivity contribution >= 4 is 17.3 Å². The van der Waals surface area contributed by atoms with E-state index in [4.69, 9.17) is 11.6 Å². The molecule has 17 heavy (non-hydrogen) atoms. The Hall–Kier alpha value is -0.840. The third-order valence-corrected chi connectivity index (χ3v) is 3.18. The van der Waals surface area contributed by atoms with Crippen LogP contribution < -0.4 is 4.90 Å². The number of anilines is 1. The van der Waals surface area contributed by atoms with Gasteiger partial charge in [0.15, 0.2) is 0 Å². The molecule has 1 aliphatic rings. The van der Waals surface area contributed by atoms with Crippen LogP contribution in [0.15, 0.2) is 18.3 Å². The van der Waals surface area contributed by atoms with Gasteiger partial charge in [-0.25, -0.2) is 4.98 Å².